The minimum Gasteiger partial charge on any atom is -0.338 e. The first-order valence-electron chi connectivity index (χ1n) is 6.84. The van der Waals surface area contributed by atoms with Crippen LogP contribution in [0, 0.1) is 5.82 Å². The number of hydrogen-bond acceptors (Lipinski definition) is 1. The summed E-state index contributed by atoms with van der Waals surface area (Å²) in [5.41, 5.74) is 1.87. The van der Waals surface area contributed by atoms with Gasteiger partial charge in [-0.15, -0.1) is 0 Å². The molecule has 114 valence electrons. The Morgan fingerprint density at radius 3 is 2.68 bits per heavy atom. The molecule has 2 N–H and O–H groups in total. The van der Waals surface area contributed by atoms with Gasteiger partial charge in [-0.2, -0.15) is 0 Å². The van der Waals surface area contributed by atoms with E-state index in [1.807, 2.05) is 24.3 Å². The molecule has 22 heavy (non-hydrogen) atoms. The molecule has 0 fully saturated rings. The zero-order valence-electron chi connectivity index (χ0n) is 11.9. The van der Waals surface area contributed by atoms with E-state index < -0.39 is 0 Å². The van der Waals surface area contributed by atoms with Crippen LogP contribution in [-0.4, -0.2) is 12.6 Å². The molecule has 0 spiro atoms. The summed E-state index contributed by atoms with van der Waals surface area (Å²) in [4.78, 5) is 11.6. The fourth-order valence-electron chi connectivity index (χ4n) is 1.85. The highest BCUT2D eigenvalue weighted by Gasteiger charge is 1.98. The Morgan fingerprint density at radius 2 is 1.95 bits per heavy atom. The second-order valence-electron chi connectivity index (χ2n) is 4.67. The molecule has 0 saturated heterocycles. The highest BCUT2D eigenvalue weighted by atomic mass is 35.5. The number of hydrogen-bond donors (Lipinski definition) is 2. The van der Waals surface area contributed by atoms with Crippen LogP contribution in [0.25, 0.3) is 6.08 Å². The largest absolute Gasteiger partial charge is 0.338 e. The van der Waals surface area contributed by atoms with Crippen LogP contribution in [0.4, 0.5) is 9.18 Å². The van der Waals surface area contributed by atoms with Gasteiger partial charge < -0.3 is 10.6 Å². The molecule has 0 bridgehead atoms. The first-order chi connectivity index (χ1) is 10.6. The molecule has 0 aromatic heterocycles. The van der Waals surface area contributed by atoms with Gasteiger partial charge in [0.05, 0.1) is 0 Å². The summed E-state index contributed by atoms with van der Waals surface area (Å²) in [6.45, 7) is 0.510. The summed E-state index contributed by atoms with van der Waals surface area (Å²) in [5.74, 6) is -0.288. The molecular weight excluding hydrogens is 303 g/mol. The Bertz CT molecular complexity index is 656. The van der Waals surface area contributed by atoms with Gasteiger partial charge in [-0.25, -0.2) is 9.18 Å². The van der Waals surface area contributed by atoms with Crippen molar-refractivity contribution in [2.75, 3.05) is 6.54 Å². The lowest BCUT2D eigenvalue weighted by molar-refractivity contribution is 0.244. The summed E-state index contributed by atoms with van der Waals surface area (Å²) >= 11 is 5.89. The van der Waals surface area contributed by atoms with Crippen molar-refractivity contribution in [1.29, 1.82) is 0 Å². The van der Waals surface area contributed by atoms with Crippen molar-refractivity contribution in [2.45, 2.75) is 6.42 Å². The van der Waals surface area contributed by atoms with E-state index in [0.717, 1.165) is 11.1 Å². The van der Waals surface area contributed by atoms with E-state index >= 15 is 0 Å². The molecule has 0 atom stereocenters. The minimum atomic E-state index is -0.291. The molecule has 2 aromatic rings. The van der Waals surface area contributed by atoms with Gasteiger partial charge in [-0.05, 0) is 47.9 Å². The molecule has 0 aliphatic rings. The van der Waals surface area contributed by atoms with Gasteiger partial charge in [-0.1, -0.05) is 35.9 Å². The van der Waals surface area contributed by atoms with Crippen LogP contribution in [0.15, 0.2) is 54.7 Å². The third-order valence-corrected chi connectivity index (χ3v) is 3.18. The van der Waals surface area contributed by atoms with Gasteiger partial charge in [0, 0.05) is 17.8 Å². The van der Waals surface area contributed by atoms with Crippen molar-refractivity contribution in [3.63, 3.8) is 0 Å². The van der Waals surface area contributed by atoms with E-state index in [-0.39, 0.29) is 11.8 Å². The number of urea groups is 1. The van der Waals surface area contributed by atoms with E-state index in [4.69, 9.17) is 11.6 Å². The maximum absolute atomic E-state index is 12.7. The van der Waals surface area contributed by atoms with Crippen LogP contribution in [0.2, 0.25) is 5.02 Å². The summed E-state index contributed by atoms with van der Waals surface area (Å²) < 4.78 is 12.7. The summed E-state index contributed by atoms with van der Waals surface area (Å²) in [5, 5.41) is 6.02. The van der Waals surface area contributed by atoms with Gasteiger partial charge in [0.25, 0.3) is 0 Å². The van der Waals surface area contributed by atoms with Crippen molar-refractivity contribution in [3.05, 3.63) is 76.7 Å². The number of benzene rings is 2. The molecule has 0 heterocycles. The molecule has 0 aliphatic carbocycles. The average molecular weight is 319 g/mol. The highest BCUT2D eigenvalue weighted by Crippen LogP contribution is 2.10. The van der Waals surface area contributed by atoms with Gasteiger partial charge in [-0.3, -0.25) is 0 Å². The number of rotatable bonds is 5. The van der Waals surface area contributed by atoms with E-state index in [2.05, 4.69) is 10.6 Å². The number of carbonyl (C=O) groups is 1. The molecule has 0 unspecified atom stereocenters. The summed E-state index contributed by atoms with van der Waals surface area (Å²) in [6.07, 6.45) is 3.91. The topological polar surface area (TPSA) is 41.1 Å². The Balaban J connectivity index is 1.70. The Kier molecular flexibility index (Phi) is 5.98. The van der Waals surface area contributed by atoms with E-state index in [1.165, 1.54) is 18.3 Å². The Hall–Kier alpha value is -2.33. The summed E-state index contributed by atoms with van der Waals surface area (Å²) in [7, 11) is 0. The third kappa shape index (κ3) is 5.58. The van der Waals surface area contributed by atoms with Crippen molar-refractivity contribution in [2.24, 2.45) is 0 Å². The minimum absolute atomic E-state index is 0.288. The molecule has 2 amide bonds. The van der Waals surface area contributed by atoms with Crippen molar-refractivity contribution in [3.8, 4) is 0 Å². The predicted molar refractivity (Wildman–Crippen MR) is 87.1 cm³/mol. The van der Waals surface area contributed by atoms with Gasteiger partial charge >= 0.3 is 6.03 Å². The number of carbonyl (C=O) groups excluding carboxylic acids is 1. The fraction of sp³-hybridized carbons (Fsp3) is 0.118. The third-order valence-electron chi connectivity index (χ3n) is 2.95. The smallest absolute Gasteiger partial charge is 0.318 e. The second kappa shape index (κ2) is 8.20. The molecule has 3 nitrogen and oxygen atoms in total. The lowest BCUT2D eigenvalue weighted by atomic mass is 10.1. The zero-order chi connectivity index (χ0) is 15.8. The molecule has 0 saturated carbocycles. The predicted octanol–water partition coefficient (Wildman–Crippen LogP) is 3.99. The molecule has 5 heteroatoms. The molecule has 2 rings (SSSR count). The lowest BCUT2D eigenvalue weighted by Crippen LogP contribution is -2.33. The SMILES string of the molecule is O=C(N/C=C/c1ccc(F)cc1)NCCc1cccc(Cl)c1. The lowest BCUT2D eigenvalue weighted by Gasteiger charge is -2.05. The van der Waals surface area contributed by atoms with Crippen molar-refractivity contribution >= 4 is 23.7 Å². The zero-order valence-corrected chi connectivity index (χ0v) is 12.6. The van der Waals surface area contributed by atoms with Crippen LogP contribution in [-0.2, 0) is 6.42 Å². The monoisotopic (exact) mass is 318 g/mol. The number of amides is 2. The van der Waals surface area contributed by atoms with Crippen LogP contribution < -0.4 is 10.6 Å². The average Bonchev–Trinajstić information content (AvgIpc) is 2.49. The van der Waals surface area contributed by atoms with E-state index in [1.54, 1.807) is 18.2 Å². The normalized spacial score (nSPS) is 10.6. The number of nitrogens with one attached hydrogen (secondary N) is 2. The quantitative estimate of drug-likeness (QED) is 0.860. The van der Waals surface area contributed by atoms with Gasteiger partial charge in [0.15, 0.2) is 0 Å². The highest BCUT2D eigenvalue weighted by molar-refractivity contribution is 6.30. The van der Waals surface area contributed by atoms with Crippen LogP contribution >= 0.6 is 11.6 Å². The van der Waals surface area contributed by atoms with E-state index in [0.29, 0.717) is 18.0 Å². The fourth-order valence-corrected chi connectivity index (χ4v) is 2.06. The summed E-state index contributed by atoms with van der Waals surface area (Å²) in [6, 6.07) is 13.2. The molecular formula is C17H16ClFN2O. The first kappa shape index (κ1) is 16.0. The van der Waals surface area contributed by atoms with Crippen molar-refractivity contribution < 1.29 is 9.18 Å². The standard InChI is InChI=1S/C17H16ClFN2O/c18-15-3-1-2-14(12-15)9-11-21-17(22)20-10-8-13-4-6-16(19)7-5-13/h1-8,10,12H,9,11H2,(H2,20,21,22)/b10-8+. The number of halogens is 2. The molecule has 0 radical (unpaired) electrons. The Morgan fingerprint density at radius 1 is 1.18 bits per heavy atom. The van der Waals surface area contributed by atoms with E-state index in [9.17, 15) is 9.18 Å². The van der Waals surface area contributed by atoms with Gasteiger partial charge in [0.2, 0.25) is 0 Å². The van der Waals surface area contributed by atoms with Crippen LogP contribution in [0.5, 0.6) is 0 Å². The first-order valence-corrected chi connectivity index (χ1v) is 7.22. The van der Waals surface area contributed by atoms with Crippen molar-refractivity contribution in [1.82, 2.24) is 10.6 Å². The molecule has 2 aromatic carbocycles. The second-order valence-corrected chi connectivity index (χ2v) is 5.10. The Labute approximate surface area is 133 Å². The maximum Gasteiger partial charge on any atom is 0.318 e. The van der Waals surface area contributed by atoms with Crippen LogP contribution in [0.3, 0.4) is 0 Å². The van der Waals surface area contributed by atoms with Gasteiger partial charge in [0.1, 0.15) is 5.82 Å². The molecule has 0 aliphatic heterocycles. The van der Waals surface area contributed by atoms with Crippen LogP contribution in [0.1, 0.15) is 11.1 Å². The maximum atomic E-state index is 12.7.